The van der Waals surface area contributed by atoms with Crippen LogP contribution in [-0.4, -0.2) is 11.9 Å². The normalized spacial score (nSPS) is 19.0. The summed E-state index contributed by atoms with van der Waals surface area (Å²) >= 11 is 12.0. The minimum atomic E-state index is -0.597. The molecule has 2 aromatic carbocycles. The maximum Gasteiger partial charge on any atom is 0.347 e. The molecule has 2 aliphatic rings. The van der Waals surface area contributed by atoms with Crippen molar-refractivity contribution >= 4 is 46.7 Å². The van der Waals surface area contributed by atoms with Gasteiger partial charge in [0, 0.05) is 21.2 Å². The van der Waals surface area contributed by atoms with E-state index in [9.17, 15) is 9.59 Å². The third-order valence-corrected chi connectivity index (χ3v) is 4.11. The maximum absolute atomic E-state index is 12.2. The van der Waals surface area contributed by atoms with E-state index in [2.05, 4.69) is 0 Å². The van der Waals surface area contributed by atoms with Gasteiger partial charge in [0.25, 0.3) is 0 Å². The first-order valence-corrected chi connectivity index (χ1v) is 7.75. The van der Waals surface area contributed by atoms with E-state index in [0.29, 0.717) is 32.5 Å². The van der Waals surface area contributed by atoms with E-state index in [1.165, 1.54) is 6.08 Å². The summed E-state index contributed by atoms with van der Waals surface area (Å²) in [6, 6.07) is 11.7. The summed E-state index contributed by atoms with van der Waals surface area (Å²) < 4.78 is 10.5. The van der Waals surface area contributed by atoms with Crippen LogP contribution >= 0.6 is 23.2 Å². The molecule has 2 heterocycles. The molecule has 0 N–H and O–H groups in total. The second-order valence-electron chi connectivity index (χ2n) is 5.23. The molecule has 0 radical (unpaired) electrons. The first-order valence-electron chi connectivity index (χ1n) is 6.99. The Kier molecular flexibility index (Phi) is 3.44. The molecule has 0 aliphatic carbocycles. The molecule has 24 heavy (non-hydrogen) atoms. The first-order chi connectivity index (χ1) is 11.5. The lowest BCUT2D eigenvalue weighted by molar-refractivity contribution is -0.130. The highest BCUT2D eigenvalue weighted by Gasteiger charge is 2.34. The van der Waals surface area contributed by atoms with E-state index in [0.717, 1.165) is 0 Å². The Morgan fingerprint density at radius 3 is 2.17 bits per heavy atom. The zero-order valence-electron chi connectivity index (χ0n) is 12.0. The van der Waals surface area contributed by atoms with Crippen molar-refractivity contribution < 1.29 is 19.1 Å². The Labute approximate surface area is 146 Å². The van der Waals surface area contributed by atoms with Gasteiger partial charge in [-0.05, 0) is 30.3 Å². The summed E-state index contributed by atoms with van der Waals surface area (Å²) in [6.07, 6.45) is 1.52. The molecular formula is C18H8Cl2O4. The van der Waals surface area contributed by atoms with Gasteiger partial charge in [-0.3, -0.25) is 0 Å². The molecule has 2 aromatic rings. The van der Waals surface area contributed by atoms with Crippen LogP contribution in [0.2, 0.25) is 10.0 Å². The minimum Gasteiger partial charge on any atom is -0.422 e. The van der Waals surface area contributed by atoms with E-state index >= 15 is 0 Å². The van der Waals surface area contributed by atoms with Crippen LogP contribution in [0.3, 0.4) is 0 Å². The van der Waals surface area contributed by atoms with Crippen LogP contribution in [0, 0.1) is 0 Å². The van der Waals surface area contributed by atoms with Gasteiger partial charge in [-0.1, -0.05) is 41.4 Å². The van der Waals surface area contributed by atoms with Crippen LogP contribution in [0.25, 0.3) is 11.5 Å². The molecule has 0 aromatic heterocycles. The van der Waals surface area contributed by atoms with Gasteiger partial charge in [-0.2, -0.15) is 0 Å². The zero-order valence-corrected chi connectivity index (χ0v) is 13.5. The zero-order chi connectivity index (χ0) is 16.8. The van der Waals surface area contributed by atoms with Crippen molar-refractivity contribution in [3.8, 4) is 0 Å². The van der Waals surface area contributed by atoms with Gasteiger partial charge >= 0.3 is 11.9 Å². The number of cyclic esters (lactones) is 2. The second kappa shape index (κ2) is 5.51. The van der Waals surface area contributed by atoms with E-state index in [4.69, 9.17) is 32.7 Å². The van der Waals surface area contributed by atoms with Crippen molar-refractivity contribution in [2.45, 2.75) is 0 Å². The van der Waals surface area contributed by atoms with Gasteiger partial charge in [0.2, 0.25) is 0 Å². The molecule has 2 aliphatic heterocycles. The molecule has 0 saturated carbocycles. The number of hydrogen-bond acceptors (Lipinski definition) is 4. The summed E-state index contributed by atoms with van der Waals surface area (Å²) in [5, 5.41) is 0.849. The second-order valence-corrected chi connectivity index (χ2v) is 6.11. The number of carbonyl (C=O) groups excluding carboxylic acids is 2. The van der Waals surface area contributed by atoms with Crippen LogP contribution in [0.5, 0.6) is 0 Å². The fraction of sp³-hybridized carbons (Fsp3) is 0. The Balaban J connectivity index is 1.84. The van der Waals surface area contributed by atoms with Crippen LogP contribution in [-0.2, 0) is 14.3 Å². The number of ether oxygens (including phenoxy) is 2. The lowest BCUT2D eigenvalue weighted by atomic mass is 10.0. The standard InChI is InChI=1S/C18H8Cl2O4/c19-10-5-9(6-11(20)7-10)15-8-14(18(22)23-15)16-12-3-1-2-4-13(12)17(21)24-16/h1-8H. The number of halogens is 2. The number of rotatable bonds is 1. The molecule has 4 rings (SSSR count). The maximum atomic E-state index is 12.2. The lowest BCUT2D eigenvalue weighted by Crippen LogP contribution is -2.01. The van der Waals surface area contributed by atoms with Gasteiger partial charge in [0.15, 0.2) is 5.76 Å². The summed E-state index contributed by atoms with van der Waals surface area (Å²) in [4.78, 5) is 24.2. The van der Waals surface area contributed by atoms with Crippen LogP contribution in [0.1, 0.15) is 21.5 Å². The van der Waals surface area contributed by atoms with E-state index < -0.39 is 11.9 Å². The van der Waals surface area contributed by atoms with Crippen molar-refractivity contribution in [3.63, 3.8) is 0 Å². The predicted octanol–water partition coefficient (Wildman–Crippen LogP) is 4.47. The topological polar surface area (TPSA) is 52.6 Å². The van der Waals surface area contributed by atoms with Gasteiger partial charge in [-0.25, -0.2) is 9.59 Å². The minimum absolute atomic E-state index is 0.180. The Morgan fingerprint density at radius 1 is 0.792 bits per heavy atom. The van der Waals surface area contributed by atoms with E-state index in [1.807, 2.05) is 0 Å². The van der Waals surface area contributed by atoms with Crippen LogP contribution in [0.4, 0.5) is 0 Å². The first kappa shape index (κ1) is 15.0. The fourth-order valence-corrected chi connectivity index (χ4v) is 3.16. The number of esters is 2. The highest BCUT2D eigenvalue weighted by molar-refractivity contribution is 6.35. The molecule has 0 saturated heterocycles. The van der Waals surface area contributed by atoms with Crippen molar-refractivity contribution in [3.05, 3.63) is 80.8 Å². The predicted molar refractivity (Wildman–Crippen MR) is 89.3 cm³/mol. The summed E-state index contributed by atoms with van der Waals surface area (Å²) in [7, 11) is 0. The Hall–Kier alpha value is -2.56. The average Bonchev–Trinajstić information content (AvgIpc) is 3.08. The van der Waals surface area contributed by atoms with Crippen molar-refractivity contribution in [1.82, 2.24) is 0 Å². The Morgan fingerprint density at radius 2 is 1.46 bits per heavy atom. The fourth-order valence-electron chi connectivity index (χ4n) is 2.63. The molecular weight excluding hydrogens is 351 g/mol. The summed E-state index contributed by atoms with van der Waals surface area (Å²) in [5.41, 5.74) is 1.73. The van der Waals surface area contributed by atoms with Crippen LogP contribution in [0.15, 0.2) is 54.1 Å². The van der Waals surface area contributed by atoms with Crippen molar-refractivity contribution in [1.29, 1.82) is 0 Å². The SMILES string of the molecule is O=C1OC(c2cc(Cl)cc(Cl)c2)=CC1=C1OC(=O)c2ccccc21. The molecule has 0 atom stereocenters. The van der Waals surface area contributed by atoms with Crippen molar-refractivity contribution in [2.24, 2.45) is 0 Å². The largest absolute Gasteiger partial charge is 0.422 e. The van der Waals surface area contributed by atoms with E-state index in [1.54, 1.807) is 42.5 Å². The molecule has 0 unspecified atom stereocenters. The molecule has 6 heteroatoms. The third kappa shape index (κ3) is 2.40. The van der Waals surface area contributed by atoms with E-state index in [-0.39, 0.29) is 11.3 Å². The lowest BCUT2D eigenvalue weighted by Gasteiger charge is -2.03. The monoisotopic (exact) mass is 358 g/mol. The number of benzene rings is 2. The quantitative estimate of drug-likeness (QED) is 0.557. The smallest absolute Gasteiger partial charge is 0.347 e. The third-order valence-electron chi connectivity index (χ3n) is 3.68. The highest BCUT2D eigenvalue weighted by atomic mass is 35.5. The summed E-state index contributed by atoms with van der Waals surface area (Å²) in [6.45, 7) is 0. The number of carbonyl (C=O) groups is 2. The molecule has 0 spiro atoms. The van der Waals surface area contributed by atoms with Gasteiger partial charge in [-0.15, -0.1) is 0 Å². The average molecular weight is 359 g/mol. The molecule has 0 bridgehead atoms. The summed E-state index contributed by atoms with van der Waals surface area (Å²) in [5.74, 6) is -0.592. The molecule has 0 amide bonds. The van der Waals surface area contributed by atoms with Gasteiger partial charge in [0.05, 0.1) is 5.56 Å². The van der Waals surface area contributed by atoms with Crippen LogP contribution < -0.4 is 0 Å². The molecule has 0 fully saturated rings. The number of hydrogen-bond donors (Lipinski definition) is 0. The molecule has 118 valence electrons. The van der Waals surface area contributed by atoms with Crippen molar-refractivity contribution in [2.75, 3.05) is 0 Å². The van der Waals surface area contributed by atoms with Gasteiger partial charge < -0.3 is 9.47 Å². The Bertz CT molecular complexity index is 952. The number of fused-ring (bicyclic) bond motifs is 1. The van der Waals surface area contributed by atoms with Gasteiger partial charge in [0.1, 0.15) is 11.3 Å². The molecule has 4 nitrogen and oxygen atoms in total. The highest BCUT2D eigenvalue weighted by Crippen LogP contribution is 2.37.